The number of hydroxylamine groups is 3. The summed E-state index contributed by atoms with van der Waals surface area (Å²) in [6, 6.07) is 0. The van der Waals surface area contributed by atoms with Gasteiger partial charge < -0.3 is 9.90 Å². The van der Waals surface area contributed by atoms with E-state index in [1.807, 2.05) is 6.92 Å². The Morgan fingerprint density at radius 1 is 1.83 bits per heavy atom. The summed E-state index contributed by atoms with van der Waals surface area (Å²) in [4.78, 5) is 19.6. The van der Waals surface area contributed by atoms with Crippen LogP contribution in [0.2, 0.25) is 0 Å². The molecule has 0 saturated carbocycles. The Balaban J connectivity index is 2.59. The molecule has 1 unspecified atom stereocenters. The highest BCUT2D eigenvalue weighted by Gasteiger charge is 2.31. The Hall–Kier alpha value is -0.940. The first kappa shape index (κ1) is 9.15. The van der Waals surface area contributed by atoms with E-state index >= 15 is 0 Å². The summed E-state index contributed by atoms with van der Waals surface area (Å²) in [6.45, 7) is 3.34. The predicted octanol–water partition coefficient (Wildman–Crippen LogP) is -1.45. The third-order valence-corrected chi connectivity index (χ3v) is 1.68. The Kier molecular flexibility index (Phi) is 2.78. The van der Waals surface area contributed by atoms with Gasteiger partial charge >= 0.3 is 0 Å². The first-order valence-corrected chi connectivity index (χ1v) is 3.91. The van der Waals surface area contributed by atoms with Gasteiger partial charge in [-0.05, 0) is 6.92 Å². The van der Waals surface area contributed by atoms with Crippen LogP contribution in [0.3, 0.4) is 0 Å². The van der Waals surface area contributed by atoms with Crippen LogP contribution in [0.1, 0.15) is 6.92 Å². The summed E-state index contributed by atoms with van der Waals surface area (Å²) in [6.07, 6.45) is 1.53. The van der Waals surface area contributed by atoms with Gasteiger partial charge in [-0.1, -0.05) is 0 Å². The van der Waals surface area contributed by atoms with Crippen molar-refractivity contribution in [3.63, 3.8) is 0 Å². The van der Waals surface area contributed by atoms with E-state index in [-0.39, 0.29) is 11.2 Å². The van der Waals surface area contributed by atoms with Crippen LogP contribution in [-0.4, -0.2) is 43.2 Å². The molecule has 1 heterocycles. The van der Waals surface area contributed by atoms with Crippen LogP contribution < -0.4 is 5.11 Å². The third kappa shape index (κ3) is 2.02. The van der Waals surface area contributed by atoms with Crippen LogP contribution in [0.25, 0.3) is 0 Å². The molecule has 0 spiro atoms. The standard InChI is InChI=1S/C7H12N2O3/c1-2-12-9(5-7(10)11)4-3-8-6-9/h6H,2-5H2,1H3. The summed E-state index contributed by atoms with van der Waals surface area (Å²) in [7, 11) is 0. The molecule has 0 saturated heterocycles. The smallest absolute Gasteiger partial charge is 0.218 e. The largest absolute Gasteiger partial charge is 0.544 e. The molecule has 0 amide bonds. The van der Waals surface area contributed by atoms with Crippen LogP contribution >= 0.6 is 0 Å². The number of aliphatic imine (C=N–C) groups is 1. The lowest BCUT2D eigenvalue weighted by Crippen LogP contribution is -2.52. The molecular weight excluding hydrogens is 160 g/mol. The lowest BCUT2D eigenvalue weighted by Gasteiger charge is -2.26. The molecule has 1 atom stereocenters. The van der Waals surface area contributed by atoms with E-state index < -0.39 is 5.97 Å². The Morgan fingerprint density at radius 2 is 2.58 bits per heavy atom. The van der Waals surface area contributed by atoms with Gasteiger partial charge in [0.1, 0.15) is 13.2 Å². The highest BCUT2D eigenvalue weighted by Crippen LogP contribution is 2.09. The number of carbonyl (C=O) groups is 1. The van der Waals surface area contributed by atoms with Crippen LogP contribution in [0.5, 0.6) is 0 Å². The summed E-state index contributed by atoms with van der Waals surface area (Å²) in [5.41, 5.74) is 0. The third-order valence-electron chi connectivity index (χ3n) is 1.68. The number of quaternary nitrogens is 1. The Morgan fingerprint density at radius 3 is 3.00 bits per heavy atom. The molecule has 0 N–H and O–H groups in total. The van der Waals surface area contributed by atoms with Gasteiger partial charge in [0.2, 0.25) is 6.34 Å². The van der Waals surface area contributed by atoms with Crippen molar-refractivity contribution in [1.82, 2.24) is 0 Å². The van der Waals surface area contributed by atoms with Crippen LogP contribution in [0.15, 0.2) is 4.99 Å². The molecule has 1 rings (SSSR count). The number of nitrogens with zero attached hydrogens (tertiary/aromatic N) is 2. The normalized spacial score (nSPS) is 27.8. The van der Waals surface area contributed by atoms with Gasteiger partial charge in [0.15, 0.2) is 6.54 Å². The summed E-state index contributed by atoms with van der Waals surface area (Å²) in [5.74, 6) is -1.11. The number of hydrogen-bond donors (Lipinski definition) is 0. The van der Waals surface area contributed by atoms with Crippen LogP contribution in [0, 0.1) is 0 Å². The highest BCUT2D eigenvalue weighted by atomic mass is 16.7. The first-order valence-electron chi connectivity index (χ1n) is 3.91. The number of carboxylic acids is 1. The average Bonchev–Trinajstić information content (AvgIpc) is 2.36. The predicted molar refractivity (Wildman–Crippen MR) is 40.0 cm³/mol. The topological polar surface area (TPSA) is 61.7 Å². The molecule has 1 aliphatic rings. The van der Waals surface area contributed by atoms with E-state index in [9.17, 15) is 9.90 Å². The van der Waals surface area contributed by atoms with Crippen molar-refractivity contribution in [2.45, 2.75) is 6.92 Å². The van der Waals surface area contributed by atoms with E-state index in [0.717, 1.165) is 0 Å². The number of hydrogen-bond acceptors (Lipinski definition) is 4. The SMILES string of the molecule is CCO[N+]1(CC(=O)[O-])C=NCC1. The van der Waals surface area contributed by atoms with Gasteiger partial charge in [-0.15, -0.1) is 4.65 Å². The van der Waals surface area contributed by atoms with Gasteiger partial charge in [0, 0.05) is 0 Å². The number of rotatable bonds is 4. The number of carbonyl (C=O) groups excluding carboxylic acids is 1. The van der Waals surface area contributed by atoms with Gasteiger partial charge in [-0.25, -0.2) is 4.99 Å². The molecule has 0 bridgehead atoms. The minimum atomic E-state index is -1.11. The average molecular weight is 172 g/mol. The maximum absolute atomic E-state index is 10.4. The van der Waals surface area contributed by atoms with Crippen molar-refractivity contribution in [2.75, 3.05) is 26.2 Å². The van der Waals surface area contributed by atoms with E-state index in [2.05, 4.69) is 4.99 Å². The van der Waals surface area contributed by atoms with E-state index in [0.29, 0.717) is 19.7 Å². The molecule has 5 heteroatoms. The molecule has 0 aliphatic carbocycles. The second-order valence-corrected chi connectivity index (χ2v) is 2.65. The number of carboxylic acid groups (broad SMARTS) is 1. The fraction of sp³-hybridized carbons (Fsp3) is 0.714. The maximum Gasteiger partial charge on any atom is 0.218 e. The van der Waals surface area contributed by atoms with Crippen molar-refractivity contribution in [1.29, 1.82) is 0 Å². The van der Waals surface area contributed by atoms with E-state index in [1.165, 1.54) is 6.34 Å². The maximum atomic E-state index is 10.4. The second kappa shape index (κ2) is 3.64. The molecule has 0 radical (unpaired) electrons. The fourth-order valence-corrected chi connectivity index (χ4v) is 1.23. The molecule has 0 aromatic heterocycles. The lowest BCUT2D eigenvalue weighted by molar-refractivity contribution is -1.02. The zero-order valence-corrected chi connectivity index (χ0v) is 7.02. The van der Waals surface area contributed by atoms with Crippen molar-refractivity contribution < 1.29 is 19.4 Å². The molecule has 1 aliphatic heterocycles. The van der Waals surface area contributed by atoms with Gasteiger partial charge in [-0.2, -0.15) is 4.84 Å². The molecule has 5 nitrogen and oxygen atoms in total. The molecule has 0 aromatic rings. The van der Waals surface area contributed by atoms with Gasteiger partial charge in [0.25, 0.3) is 0 Å². The minimum absolute atomic E-state index is 0.0289. The van der Waals surface area contributed by atoms with E-state index in [4.69, 9.17) is 4.84 Å². The Labute approximate surface area is 70.8 Å². The molecule has 12 heavy (non-hydrogen) atoms. The van der Waals surface area contributed by atoms with Gasteiger partial charge in [0.05, 0.1) is 12.5 Å². The zero-order chi connectivity index (χ0) is 9.03. The van der Waals surface area contributed by atoms with Crippen molar-refractivity contribution in [2.24, 2.45) is 4.99 Å². The molecule has 0 aromatic carbocycles. The van der Waals surface area contributed by atoms with Crippen molar-refractivity contribution in [3.8, 4) is 0 Å². The zero-order valence-electron chi connectivity index (χ0n) is 7.02. The van der Waals surface area contributed by atoms with Crippen molar-refractivity contribution >= 4 is 12.3 Å². The highest BCUT2D eigenvalue weighted by molar-refractivity contribution is 5.67. The minimum Gasteiger partial charge on any atom is -0.544 e. The number of aliphatic carboxylic acids is 1. The second-order valence-electron chi connectivity index (χ2n) is 2.65. The van der Waals surface area contributed by atoms with Gasteiger partial charge in [-0.3, -0.25) is 0 Å². The van der Waals surface area contributed by atoms with Crippen molar-refractivity contribution in [3.05, 3.63) is 0 Å². The monoisotopic (exact) mass is 172 g/mol. The summed E-state index contributed by atoms with van der Waals surface area (Å²) < 4.78 is -0.0289. The molecular formula is C7H12N2O3. The lowest BCUT2D eigenvalue weighted by atomic mass is 10.5. The van der Waals surface area contributed by atoms with Crippen LogP contribution in [-0.2, 0) is 9.63 Å². The molecule has 68 valence electrons. The first-order chi connectivity index (χ1) is 5.68. The molecule has 0 fully saturated rings. The fourth-order valence-electron chi connectivity index (χ4n) is 1.23. The quantitative estimate of drug-likeness (QED) is 0.487. The van der Waals surface area contributed by atoms with E-state index in [1.54, 1.807) is 0 Å². The summed E-state index contributed by atoms with van der Waals surface area (Å²) in [5, 5.41) is 10.4. The summed E-state index contributed by atoms with van der Waals surface area (Å²) >= 11 is 0. The Bertz CT molecular complexity index is 205. The van der Waals surface area contributed by atoms with Crippen LogP contribution in [0.4, 0.5) is 0 Å².